The number of Topliss-reactive ketones (excluding diaryl/α,β-unsaturated/α-hetero) is 1. The van der Waals surface area contributed by atoms with Crippen LogP contribution in [0, 0.1) is 17.8 Å². The summed E-state index contributed by atoms with van der Waals surface area (Å²) in [5.41, 5.74) is 0. The Bertz CT molecular complexity index is 591. The Kier molecular flexibility index (Phi) is 8.59. The largest absolute Gasteiger partial charge is 0.452 e. The highest BCUT2D eigenvalue weighted by Gasteiger charge is 2.37. The minimum Gasteiger partial charge on any atom is -0.452 e. The Balaban J connectivity index is 3.28. The van der Waals surface area contributed by atoms with Crippen molar-refractivity contribution in [1.29, 1.82) is 0 Å². The van der Waals surface area contributed by atoms with E-state index in [2.05, 4.69) is 10.6 Å². The molecule has 8 nitrogen and oxygen atoms in total. The molecule has 0 aromatic rings. The first-order chi connectivity index (χ1) is 12.7. The third-order valence-electron chi connectivity index (χ3n) is 5.30. The van der Waals surface area contributed by atoms with Gasteiger partial charge in [0.1, 0.15) is 17.9 Å². The molecule has 2 amide bonds. The van der Waals surface area contributed by atoms with E-state index in [9.17, 15) is 24.0 Å². The molecule has 0 radical (unpaired) electrons. The molecule has 1 aliphatic rings. The smallest absolute Gasteiger partial charge is 0.329 e. The van der Waals surface area contributed by atoms with Gasteiger partial charge >= 0.3 is 5.97 Å². The molecule has 1 heterocycles. The van der Waals surface area contributed by atoms with Gasteiger partial charge in [-0.1, -0.05) is 47.5 Å². The minimum absolute atomic E-state index is 0.194. The normalized spacial score (nSPS) is 30.1. The van der Waals surface area contributed by atoms with Gasteiger partial charge in [0.15, 0.2) is 12.4 Å². The van der Waals surface area contributed by atoms with E-state index >= 15 is 0 Å². The molecule has 8 heteroatoms. The molecule has 1 saturated heterocycles. The number of ketones is 1. The highest BCUT2D eigenvalue weighted by molar-refractivity contribution is 6.02. The summed E-state index contributed by atoms with van der Waals surface area (Å²) in [7, 11) is 0. The van der Waals surface area contributed by atoms with Gasteiger partial charge in [-0.05, 0) is 11.8 Å². The van der Waals surface area contributed by atoms with Crippen LogP contribution < -0.4 is 10.6 Å². The summed E-state index contributed by atoms with van der Waals surface area (Å²) in [5.74, 6) is -3.79. The van der Waals surface area contributed by atoms with Gasteiger partial charge in [0.05, 0.1) is 12.3 Å². The average molecular weight is 382 g/mol. The molecule has 0 aromatic heterocycles. The van der Waals surface area contributed by atoms with Gasteiger partial charge in [-0.2, -0.15) is 0 Å². The SMILES string of the molecule is CC[C@H](C)[C@@H]1NC(=O)CC(=O)[C@H](C)[C@@H](C=O)OC(=O)[C@@H]([C@@H](C)CC)NC1=O. The maximum absolute atomic E-state index is 12.8. The number of carbonyl (C=O) groups is 5. The van der Waals surface area contributed by atoms with Crippen LogP contribution in [0.2, 0.25) is 0 Å². The summed E-state index contributed by atoms with van der Waals surface area (Å²) >= 11 is 0. The van der Waals surface area contributed by atoms with Crippen LogP contribution in [-0.2, 0) is 28.7 Å². The van der Waals surface area contributed by atoms with E-state index in [0.717, 1.165) is 0 Å². The van der Waals surface area contributed by atoms with Crippen LogP contribution in [-0.4, -0.2) is 48.0 Å². The van der Waals surface area contributed by atoms with Crippen LogP contribution in [0.4, 0.5) is 0 Å². The lowest BCUT2D eigenvalue weighted by atomic mass is 9.93. The number of nitrogens with one attached hydrogen (secondary N) is 2. The molecule has 2 N–H and O–H groups in total. The van der Waals surface area contributed by atoms with Gasteiger partial charge in [-0.3, -0.25) is 19.2 Å². The van der Waals surface area contributed by atoms with Gasteiger partial charge in [0.2, 0.25) is 11.8 Å². The Morgan fingerprint density at radius 2 is 1.59 bits per heavy atom. The second-order valence-corrected chi connectivity index (χ2v) is 7.27. The molecule has 6 atom stereocenters. The van der Waals surface area contributed by atoms with Crippen LogP contribution in [0.5, 0.6) is 0 Å². The summed E-state index contributed by atoms with van der Waals surface area (Å²) in [5, 5.41) is 5.26. The van der Waals surface area contributed by atoms with E-state index in [4.69, 9.17) is 4.74 Å². The number of cyclic esters (lactones) is 1. The molecule has 0 bridgehead atoms. The third kappa shape index (κ3) is 5.87. The zero-order chi connectivity index (χ0) is 20.7. The third-order valence-corrected chi connectivity index (χ3v) is 5.30. The fraction of sp³-hybridized carbons (Fsp3) is 0.737. The summed E-state index contributed by atoms with van der Waals surface area (Å²) in [6.07, 6.45) is -0.208. The summed E-state index contributed by atoms with van der Waals surface area (Å²) in [6, 6.07) is -1.85. The van der Waals surface area contributed by atoms with E-state index in [-0.39, 0.29) is 11.8 Å². The molecule has 0 saturated carbocycles. The Morgan fingerprint density at radius 3 is 2.11 bits per heavy atom. The number of ether oxygens (including phenoxy) is 1. The van der Waals surface area contributed by atoms with Gasteiger partial charge in [-0.15, -0.1) is 0 Å². The molecule has 1 rings (SSSR count). The molecule has 27 heavy (non-hydrogen) atoms. The maximum atomic E-state index is 12.8. The first kappa shape index (κ1) is 22.8. The van der Waals surface area contributed by atoms with E-state index in [1.54, 1.807) is 13.8 Å². The topological polar surface area (TPSA) is 119 Å². The second kappa shape index (κ2) is 10.2. The van der Waals surface area contributed by atoms with Crippen LogP contribution >= 0.6 is 0 Å². The van der Waals surface area contributed by atoms with Crippen LogP contribution in [0.3, 0.4) is 0 Å². The minimum atomic E-state index is -1.30. The van der Waals surface area contributed by atoms with Crippen LogP contribution in [0.1, 0.15) is 53.9 Å². The monoisotopic (exact) mass is 382 g/mol. The summed E-state index contributed by atoms with van der Waals surface area (Å²) in [6.45, 7) is 8.76. The first-order valence-corrected chi connectivity index (χ1v) is 9.44. The number of carbonyl (C=O) groups excluding carboxylic acids is 5. The van der Waals surface area contributed by atoms with Crippen molar-refractivity contribution >= 4 is 29.9 Å². The fourth-order valence-electron chi connectivity index (χ4n) is 2.80. The standard InChI is InChI=1S/C19H30N2O6/c1-6-10(3)16-18(25)21-17(11(4)7-2)19(26)27-14(9-22)12(5)13(23)8-15(24)20-16/h9-12,14,16-17H,6-8H2,1-5H3,(H,20,24)(H,21,25)/t10-,11-,12-,14+,16-,17+/m0/s1. The lowest BCUT2D eigenvalue weighted by Gasteiger charge is -2.30. The molecule has 0 spiro atoms. The molecular formula is C19H30N2O6. The Labute approximate surface area is 159 Å². The lowest BCUT2D eigenvalue weighted by Crippen LogP contribution is -2.57. The average Bonchev–Trinajstić information content (AvgIpc) is 2.65. The van der Waals surface area contributed by atoms with Crippen molar-refractivity contribution < 1.29 is 28.7 Å². The lowest BCUT2D eigenvalue weighted by molar-refractivity contribution is -0.161. The first-order valence-electron chi connectivity index (χ1n) is 9.44. The van der Waals surface area contributed by atoms with Gasteiger partial charge in [0.25, 0.3) is 0 Å². The summed E-state index contributed by atoms with van der Waals surface area (Å²) in [4.78, 5) is 61.3. The van der Waals surface area contributed by atoms with Crippen molar-refractivity contribution in [3.8, 4) is 0 Å². The quantitative estimate of drug-likeness (QED) is 0.412. The van der Waals surface area contributed by atoms with Crippen LogP contribution in [0.25, 0.3) is 0 Å². The molecule has 152 valence electrons. The molecule has 0 aromatic carbocycles. The van der Waals surface area contributed by atoms with Gasteiger partial charge < -0.3 is 15.4 Å². The number of esters is 1. The molecule has 1 fully saturated rings. The van der Waals surface area contributed by atoms with Gasteiger partial charge in [0, 0.05) is 0 Å². The number of aldehydes is 1. The number of hydrogen-bond acceptors (Lipinski definition) is 6. The Hall–Kier alpha value is -2.25. The van der Waals surface area contributed by atoms with Crippen LogP contribution in [0.15, 0.2) is 0 Å². The zero-order valence-electron chi connectivity index (χ0n) is 16.6. The summed E-state index contributed by atoms with van der Waals surface area (Å²) < 4.78 is 5.22. The number of amides is 2. The molecular weight excluding hydrogens is 352 g/mol. The molecule has 1 aliphatic heterocycles. The van der Waals surface area contributed by atoms with E-state index < -0.39 is 54.1 Å². The highest BCUT2D eigenvalue weighted by atomic mass is 16.5. The molecule has 0 aliphatic carbocycles. The predicted octanol–water partition coefficient (Wildman–Crippen LogP) is 0.768. The maximum Gasteiger partial charge on any atom is 0.329 e. The number of hydrogen-bond donors (Lipinski definition) is 2. The van der Waals surface area contributed by atoms with Crippen molar-refractivity contribution in [2.75, 3.05) is 0 Å². The second-order valence-electron chi connectivity index (χ2n) is 7.27. The fourth-order valence-corrected chi connectivity index (χ4v) is 2.80. The molecule has 0 unspecified atom stereocenters. The van der Waals surface area contributed by atoms with Crippen molar-refractivity contribution in [3.05, 3.63) is 0 Å². The van der Waals surface area contributed by atoms with E-state index in [1.807, 2.05) is 13.8 Å². The highest BCUT2D eigenvalue weighted by Crippen LogP contribution is 2.17. The predicted molar refractivity (Wildman–Crippen MR) is 97.5 cm³/mol. The number of rotatable bonds is 5. The van der Waals surface area contributed by atoms with Crippen molar-refractivity contribution in [2.45, 2.75) is 72.1 Å². The Morgan fingerprint density at radius 1 is 1.04 bits per heavy atom. The zero-order valence-corrected chi connectivity index (χ0v) is 16.6. The van der Waals surface area contributed by atoms with E-state index in [0.29, 0.717) is 19.1 Å². The van der Waals surface area contributed by atoms with Crippen molar-refractivity contribution in [2.24, 2.45) is 17.8 Å². The van der Waals surface area contributed by atoms with E-state index in [1.165, 1.54) is 6.92 Å². The van der Waals surface area contributed by atoms with Gasteiger partial charge in [-0.25, -0.2) is 4.79 Å². The van der Waals surface area contributed by atoms with Crippen molar-refractivity contribution in [1.82, 2.24) is 10.6 Å². The van der Waals surface area contributed by atoms with Crippen molar-refractivity contribution in [3.63, 3.8) is 0 Å².